The monoisotopic (exact) mass is 263 g/mol. The van der Waals surface area contributed by atoms with Crippen LogP contribution in [0.4, 0.5) is 0 Å². The van der Waals surface area contributed by atoms with Gasteiger partial charge in [-0.15, -0.1) is 0 Å². The molecular formula is C15H25N3O. The van der Waals surface area contributed by atoms with Gasteiger partial charge in [0.1, 0.15) is 0 Å². The molecule has 0 heterocycles. The topological polar surface area (TPSA) is 62.3 Å². The van der Waals surface area contributed by atoms with Crippen LogP contribution < -0.4 is 5.73 Å². The summed E-state index contributed by atoms with van der Waals surface area (Å²) in [6.07, 6.45) is 1.68. The zero-order valence-electron chi connectivity index (χ0n) is 12.0. The molecular weight excluding hydrogens is 238 g/mol. The normalized spacial score (nSPS) is 10.9. The van der Waals surface area contributed by atoms with Gasteiger partial charge in [0.05, 0.1) is 12.4 Å². The molecule has 4 heteroatoms. The van der Waals surface area contributed by atoms with Crippen molar-refractivity contribution in [3.63, 3.8) is 0 Å². The van der Waals surface area contributed by atoms with Crippen LogP contribution in [0.3, 0.4) is 0 Å². The van der Waals surface area contributed by atoms with Crippen LogP contribution in [0.1, 0.15) is 24.5 Å². The van der Waals surface area contributed by atoms with Crippen LogP contribution in [0.25, 0.3) is 0 Å². The zero-order chi connectivity index (χ0) is 14.1. The summed E-state index contributed by atoms with van der Waals surface area (Å²) in [5.41, 5.74) is 8.07. The minimum Gasteiger partial charge on any atom is -0.388 e. The van der Waals surface area contributed by atoms with Crippen LogP contribution >= 0.6 is 0 Å². The Morgan fingerprint density at radius 2 is 1.84 bits per heavy atom. The highest BCUT2D eigenvalue weighted by molar-refractivity contribution is 5.76. The number of nitrogens with two attached hydrogens (primary N) is 1. The van der Waals surface area contributed by atoms with Gasteiger partial charge >= 0.3 is 0 Å². The Bertz CT molecular complexity index is 375. The van der Waals surface area contributed by atoms with E-state index in [0.29, 0.717) is 13.0 Å². The van der Waals surface area contributed by atoms with Crippen molar-refractivity contribution in [3.8, 4) is 0 Å². The van der Waals surface area contributed by atoms with E-state index in [0.717, 1.165) is 26.1 Å². The molecule has 0 radical (unpaired) electrons. The van der Waals surface area contributed by atoms with Crippen LogP contribution in [0.2, 0.25) is 0 Å². The molecule has 1 aromatic carbocycles. The highest BCUT2D eigenvalue weighted by Crippen LogP contribution is 2.08. The molecule has 0 spiro atoms. The first kappa shape index (κ1) is 15.7. The molecule has 0 aliphatic carbocycles. The van der Waals surface area contributed by atoms with Crippen molar-refractivity contribution in [2.75, 3.05) is 26.8 Å². The number of amidine groups is 1. The van der Waals surface area contributed by atoms with Gasteiger partial charge in [0.25, 0.3) is 0 Å². The van der Waals surface area contributed by atoms with Crippen molar-refractivity contribution >= 4 is 5.84 Å². The Labute approximate surface area is 116 Å². The van der Waals surface area contributed by atoms with Crippen molar-refractivity contribution < 1.29 is 4.74 Å². The molecule has 0 amide bonds. The zero-order valence-corrected chi connectivity index (χ0v) is 12.0. The van der Waals surface area contributed by atoms with E-state index in [1.807, 2.05) is 0 Å². The number of ether oxygens (including phenoxy) is 1. The van der Waals surface area contributed by atoms with Crippen LogP contribution in [0.5, 0.6) is 0 Å². The SMILES string of the molecule is CCc1ccc(CN(CCOC)CCC(=N)N)cc1. The summed E-state index contributed by atoms with van der Waals surface area (Å²) in [4.78, 5) is 2.27. The molecule has 19 heavy (non-hydrogen) atoms. The van der Waals surface area contributed by atoms with E-state index in [9.17, 15) is 0 Å². The Hall–Kier alpha value is -1.39. The maximum atomic E-state index is 7.32. The molecule has 3 N–H and O–H groups in total. The smallest absolute Gasteiger partial charge is 0.0918 e. The van der Waals surface area contributed by atoms with Gasteiger partial charge in [-0.2, -0.15) is 0 Å². The fourth-order valence-electron chi connectivity index (χ4n) is 1.91. The average molecular weight is 263 g/mol. The lowest BCUT2D eigenvalue weighted by atomic mass is 10.1. The van der Waals surface area contributed by atoms with E-state index >= 15 is 0 Å². The summed E-state index contributed by atoms with van der Waals surface area (Å²) in [7, 11) is 1.71. The van der Waals surface area contributed by atoms with Gasteiger partial charge in [-0.05, 0) is 17.5 Å². The van der Waals surface area contributed by atoms with E-state index in [1.54, 1.807) is 7.11 Å². The summed E-state index contributed by atoms with van der Waals surface area (Å²) < 4.78 is 5.13. The van der Waals surface area contributed by atoms with Crippen molar-refractivity contribution in [2.24, 2.45) is 5.73 Å². The summed E-state index contributed by atoms with van der Waals surface area (Å²) in [5.74, 6) is 0.240. The minimum atomic E-state index is 0.240. The molecule has 0 aliphatic rings. The van der Waals surface area contributed by atoms with Crippen molar-refractivity contribution in [2.45, 2.75) is 26.3 Å². The number of rotatable bonds is 9. The van der Waals surface area contributed by atoms with Crippen LogP contribution in [0.15, 0.2) is 24.3 Å². The number of nitrogens with zero attached hydrogens (tertiary/aromatic N) is 1. The van der Waals surface area contributed by atoms with Crippen LogP contribution in [-0.4, -0.2) is 37.5 Å². The third kappa shape index (κ3) is 6.36. The fraction of sp³-hybridized carbons (Fsp3) is 0.533. The molecule has 0 fully saturated rings. The molecule has 0 unspecified atom stereocenters. The van der Waals surface area contributed by atoms with Gasteiger partial charge in [0, 0.05) is 33.2 Å². The Kier molecular flexibility index (Phi) is 7.15. The maximum absolute atomic E-state index is 7.32. The van der Waals surface area contributed by atoms with Crippen molar-refractivity contribution in [1.82, 2.24) is 4.90 Å². The standard InChI is InChI=1S/C15H25N3O/c1-3-13-4-6-14(7-5-13)12-18(10-11-19-2)9-8-15(16)17/h4-7H,3,8-12H2,1-2H3,(H3,16,17). The van der Waals surface area contributed by atoms with Crippen molar-refractivity contribution in [3.05, 3.63) is 35.4 Å². The Morgan fingerprint density at radius 1 is 1.21 bits per heavy atom. The molecule has 0 aliphatic heterocycles. The number of benzene rings is 1. The summed E-state index contributed by atoms with van der Waals surface area (Å²) in [6, 6.07) is 8.70. The molecule has 0 atom stereocenters. The summed E-state index contributed by atoms with van der Waals surface area (Å²) in [6.45, 7) is 5.39. The highest BCUT2D eigenvalue weighted by Gasteiger charge is 2.06. The Morgan fingerprint density at radius 3 is 2.37 bits per heavy atom. The van der Waals surface area contributed by atoms with Gasteiger partial charge in [-0.1, -0.05) is 31.2 Å². The van der Waals surface area contributed by atoms with Gasteiger partial charge in [0.15, 0.2) is 0 Å². The quantitative estimate of drug-likeness (QED) is 0.529. The van der Waals surface area contributed by atoms with Crippen LogP contribution in [0, 0.1) is 5.41 Å². The number of aryl methyl sites for hydroxylation is 1. The second-order valence-corrected chi connectivity index (χ2v) is 4.71. The molecule has 0 saturated heterocycles. The van der Waals surface area contributed by atoms with E-state index in [4.69, 9.17) is 15.9 Å². The third-order valence-electron chi connectivity index (χ3n) is 3.15. The number of hydrogen-bond donors (Lipinski definition) is 2. The van der Waals surface area contributed by atoms with Gasteiger partial charge in [-0.3, -0.25) is 10.3 Å². The number of methoxy groups -OCH3 is 1. The van der Waals surface area contributed by atoms with E-state index in [-0.39, 0.29) is 5.84 Å². The lowest BCUT2D eigenvalue weighted by molar-refractivity contribution is 0.145. The highest BCUT2D eigenvalue weighted by atomic mass is 16.5. The second kappa shape index (κ2) is 8.67. The predicted octanol–water partition coefficient (Wildman–Crippen LogP) is 2.02. The van der Waals surface area contributed by atoms with Crippen LogP contribution in [-0.2, 0) is 17.7 Å². The van der Waals surface area contributed by atoms with Gasteiger partial charge in [0.2, 0.25) is 0 Å². The molecule has 0 aromatic heterocycles. The first-order chi connectivity index (χ1) is 9.15. The van der Waals surface area contributed by atoms with E-state index in [2.05, 4.69) is 36.1 Å². The molecule has 1 rings (SSSR count). The van der Waals surface area contributed by atoms with Crippen molar-refractivity contribution in [1.29, 1.82) is 5.41 Å². The third-order valence-corrected chi connectivity index (χ3v) is 3.15. The average Bonchev–Trinajstić information content (AvgIpc) is 2.42. The maximum Gasteiger partial charge on any atom is 0.0918 e. The molecule has 106 valence electrons. The largest absolute Gasteiger partial charge is 0.388 e. The molecule has 4 nitrogen and oxygen atoms in total. The molecule has 0 bridgehead atoms. The molecule has 1 aromatic rings. The second-order valence-electron chi connectivity index (χ2n) is 4.71. The first-order valence-corrected chi connectivity index (χ1v) is 6.77. The summed E-state index contributed by atoms with van der Waals surface area (Å²) >= 11 is 0. The number of nitrogens with one attached hydrogen (secondary N) is 1. The fourth-order valence-corrected chi connectivity index (χ4v) is 1.91. The Balaban J connectivity index is 2.55. The van der Waals surface area contributed by atoms with E-state index < -0.39 is 0 Å². The first-order valence-electron chi connectivity index (χ1n) is 6.77. The van der Waals surface area contributed by atoms with Gasteiger partial charge in [-0.25, -0.2) is 0 Å². The predicted molar refractivity (Wildman–Crippen MR) is 79.5 cm³/mol. The molecule has 0 saturated carbocycles. The minimum absolute atomic E-state index is 0.240. The lowest BCUT2D eigenvalue weighted by Crippen LogP contribution is -2.30. The van der Waals surface area contributed by atoms with Gasteiger partial charge < -0.3 is 10.5 Å². The lowest BCUT2D eigenvalue weighted by Gasteiger charge is -2.21. The summed E-state index contributed by atoms with van der Waals surface area (Å²) in [5, 5.41) is 7.32. The number of hydrogen-bond acceptors (Lipinski definition) is 3. The van der Waals surface area contributed by atoms with E-state index in [1.165, 1.54) is 11.1 Å².